The third-order valence-corrected chi connectivity index (χ3v) is 5.66. The molecule has 5 nitrogen and oxygen atoms in total. The first-order valence-corrected chi connectivity index (χ1v) is 10.6. The third-order valence-electron chi connectivity index (χ3n) is 5.66. The van der Waals surface area contributed by atoms with E-state index in [1.165, 1.54) is 0 Å². The number of hydrogen-bond acceptors (Lipinski definition) is 3. The second-order valence-electron chi connectivity index (χ2n) is 7.69. The van der Waals surface area contributed by atoms with E-state index in [9.17, 15) is 9.59 Å². The van der Waals surface area contributed by atoms with Crippen molar-refractivity contribution in [2.24, 2.45) is 0 Å². The number of anilines is 2. The Kier molecular flexibility index (Phi) is 5.07. The lowest BCUT2D eigenvalue weighted by Crippen LogP contribution is -2.29. The smallest absolute Gasteiger partial charge is 0.262 e. The fourth-order valence-corrected chi connectivity index (χ4v) is 4.14. The van der Waals surface area contributed by atoms with Crippen LogP contribution in [0.15, 0.2) is 84.9 Å². The Balaban J connectivity index is 1.41. The Labute approximate surface area is 186 Å². The molecule has 0 spiro atoms. The van der Waals surface area contributed by atoms with E-state index in [2.05, 4.69) is 5.32 Å². The molecule has 1 N–H and O–H groups in total. The van der Waals surface area contributed by atoms with Crippen molar-refractivity contribution in [3.63, 3.8) is 0 Å². The average molecular weight is 422 g/mol. The van der Waals surface area contributed by atoms with E-state index in [-0.39, 0.29) is 18.2 Å². The maximum Gasteiger partial charge on any atom is 0.262 e. The number of ether oxygens (including phenoxy) is 1. The number of para-hydroxylation sites is 2. The highest BCUT2D eigenvalue weighted by Crippen LogP contribution is 2.39. The summed E-state index contributed by atoms with van der Waals surface area (Å²) in [5, 5.41) is 5.10. The molecule has 1 heterocycles. The maximum absolute atomic E-state index is 13.2. The van der Waals surface area contributed by atoms with Crippen molar-refractivity contribution in [2.45, 2.75) is 13.3 Å². The SMILES string of the molecule is CCN1C(=O)c2cc(NC(=O)Cc3cccc4ccccc34)ccc2Oc2ccccc21. The molecule has 0 saturated carbocycles. The van der Waals surface area contributed by atoms with Crippen LogP contribution in [0.3, 0.4) is 0 Å². The van der Waals surface area contributed by atoms with E-state index < -0.39 is 0 Å². The van der Waals surface area contributed by atoms with Gasteiger partial charge < -0.3 is 15.0 Å². The molecule has 0 radical (unpaired) electrons. The number of carbonyl (C=O) groups excluding carboxylic acids is 2. The van der Waals surface area contributed by atoms with E-state index in [1.54, 1.807) is 23.1 Å². The van der Waals surface area contributed by atoms with Crippen molar-refractivity contribution in [1.29, 1.82) is 0 Å². The zero-order valence-corrected chi connectivity index (χ0v) is 17.7. The van der Waals surface area contributed by atoms with Crippen LogP contribution in [0.5, 0.6) is 11.5 Å². The van der Waals surface area contributed by atoms with Gasteiger partial charge in [0.1, 0.15) is 5.75 Å². The fourth-order valence-electron chi connectivity index (χ4n) is 4.14. The van der Waals surface area contributed by atoms with Crippen molar-refractivity contribution < 1.29 is 14.3 Å². The number of benzene rings is 4. The molecule has 1 aliphatic heterocycles. The van der Waals surface area contributed by atoms with Gasteiger partial charge in [-0.3, -0.25) is 9.59 Å². The van der Waals surface area contributed by atoms with Crippen molar-refractivity contribution in [3.8, 4) is 11.5 Å². The van der Waals surface area contributed by atoms with Crippen molar-refractivity contribution >= 4 is 34.0 Å². The minimum absolute atomic E-state index is 0.140. The zero-order chi connectivity index (χ0) is 22.1. The molecule has 0 aliphatic carbocycles. The van der Waals surface area contributed by atoms with Crippen LogP contribution in [0.4, 0.5) is 11.4 Å². The summed E-state index contributed by atoms with van der Waals surface area (Å²) in [6, 6.07) is 26.6. The summed E-state index contributed by atoms with van der Waals surface area (Å²) in [6.07, 6.45) is 0.245. The molecule has 0 atom stereocenters. The first-order chi connectivity index (χ1) is 15.6. The second-order valence-corrected chi connectivity index (χ2v) is 7.69. The summed E-state index contributed by atoms with van der Waals surface area (Å²) < 4.78 is 6.03. The minimum Gasteiger partial charge on any atom is -0.454 e. The van der Waals surface area contributed by atoms with Crippen molar-refractivity contribution in [2.75, 3.05) is 16.8 Å². The molecule has 0 aromatic heterocycles. The molecule has 5 rings (SSSR count). The molecule has 158 valence electrons. The molecule has 0 saturated heterocycles. The van der Waals surface area contributed by atoms with Gasteiger partial charge in [-0.2, -0.15) is 0 Å². The number of amides is 2. The van der Waals surface area contributed by atoms with Crippen LogP contribution in [0, 0.1) is 0 Å². The number of fused-ring (bicyclic) bond motifs is 3. The van der Waals surface area contributed by atoms with Gasteiger partial charge in [0, 0.05) is 12.2 Å². The second kappa shape index (κ2) is 8.19. The summed E-state index contributed by atoms with van der Waals surface area (Å²) in [7, 11) is 0. The molecular weight excluding hydrogens is 400 g/mol. The largest absolute Gasteiger partial charge is 0.454 e. The van der Waals surface area contributed by atoms with Crippen LogP contribution >= 0.6 is 0 Å². The molecule has 0 fully saturated rings. The van der Waals surface area contributed by atoms with E-state index in [0.717, 1.165) is 22.0 Å². The molecule has 0 unspecified atom stereocenters. The van der Waals surface area contributed by atoms with Gasteiger partial charge in [0.15, 0.2) is 5.75 Å². The zero-order valence-electron chi connectivity index (χ0n) is 17.7. The van der Waals surface area contributed by atoms with Gasteiger partial charge in [-0.05, 0) is 53.6 Å². The summed E-state index contributed by atoms with van der Waals surface area (Å²) in [6.45, 7) is 2.44. The molecule has 1 aliphatic rings. The highest BCUT2D eigenvalue weighted by Gasteiger charge is 2.27. The Morgan fingerprint density at radius 2 is 1.69 bits per heavy atom. The van der Waals surface area contributed by atoms with Crippen LogP contribution in [0.2, 0.25) is 0 Å². The van der Waals surface area contributed by atoms with Crippen molar-refractivity contribution in [1.82, 2.24) is 0 Å². The fraction of sp³-hybridized carbons (Fsp3) is 0.111. The summed E-state index contributed by atoms with van der Waals surface area (Å²) in [4.78, 5) is 27.7. The summed E-state index contributed by atoms with van der Waals surface area (Å²) in [5.74, 6) is 0.816. The third kappa shape index (κ3) is 3.58. The van der Waals surface area contributed by atoms with Gasteiger partial charge in [-0.15, -0.1) is 0 Å². The van der Waals surface area contributed by atoms with Crippen LogP contribution in [-0.2, 0) is 11.2 Å². The number of hydrogen-bond donors (Lipinski definition) is 1. The quantitative estimate of drug-likeness (QED) is 0.453. The molecular formula is C27H22N2O3. The average Bonchev–Trinajstić information content (AvgIpc) is 2.93. The number of rotatable bonds is 4. The lowest BCUT2D eigenvalue weighted by atomic mass is 10.0. The molecule has 32 heavy (non-hydrogen) atoms. The molecule has 0 bridgehead atoms. The lowest BCUT2D eigenvalue weighted by Gasteiger charge is -2.19. The number of nitrogens with one attached hydrogen (secondary N) is 1. The van der Waals surface area contributed by atoms with E-state index >= 15 is 0 Å². The van der Waals surface area contributed by atoms with E-state index in [1.807, 2.05) is 73.7 Å². The Morgan fingerprint density at radius 3 is 2.56 bits per heavy atom. The topological polar surface area (TPSA) is 58.6 Å². The van der Waals surface area contributed by atoms with Crippen LogP contribution in [0.25, 0.3) is 10.8 Å². The molecule has 4 aromatic rings. The first kappa shape index (κ1) is 19.8. The molecule has 2 amide bonds. The van der Waals surface area contributed by atoms with Crippen molar-refractivity contribution in [3.05, 3.63) is 96.1 Å². The number of nitrogens with zero attached hydrogens (tertiary/aromatic N) is 1. The van der Waals surface area contributed by atoms with Crippen LogP contribution in [0.1, 0.15) is 22.8 Å². The predicted octanol–water partition coefficient (Wildman–Crippen LogP) is 5.79. The Morgan fingerprint density at radius 1 is 0.906 bits per heavy atom. The minimum atomic E-state index is -0.155. The Hall–Kier alpha value is -4.12. The number of carbonyl (C=O) groups is 2. The standard InChI is InChI=1S/C27H22N2O3/c1-2-29-23-12-5-6-13-25(23)32-24-15-14-20(17-22(24)27(29)31)28-26(30)16-19-10-7-9-18-8-3-4-11-21(18)19/h3-15,17H,2,16H2,1H3,(H,28,30). The maximum atomic E-state index is 13.2. The van der Waals surface area contributed by atoms with Gasteiger partial charge in [0.2, 0.25) is 5.91 Å². The predicted molar refractivity (Wildman–Crippen MR) is 127 cm³/mol. The lowest BCUT2D eigenvalue weighted by molar-refractivity contribution is -0.115. The van der Waals surface area contributed by atoms with Gasteiger partial charge in [0.25, 0.3) is 5.91 Å². The van der Waals surface area contributed by atoms with E-state index in [4.69, 9.17) is 4.74 Å². The molecule has 5 heteroatoms. The van der Waals surface area contributed by atoms with Crippen LogP contribution in [-0.4, -0.2) is 18.4 Å². The van der Waals surface area contributed by atoms with E-state index in [0.29, 0.717) is 29.3 Å². The van der Waals surface area contributed by atoms with Gasteiger partial charge in [-0.1, -0.05) is 54.6 Å². The van der Waals surface area contributed by atoms with Gasteiger partial charge >= 0.3 is 0 Å². The van der Waals surface area contributed by atoms with Crippen LogP contribution < -0.4 is 15.0 Å². The molecule has 4 aromatic carbocycles. The summed E-state index contributed by atoms with van der Waals surface area (Å²) >= 11 is 0. The first-order valence-electron chi connectivity index (χ1n) is 10.6. The monoisotopic (exact) mass is 422 g/mol. The normalized spacial score (nSPS) is 12.5. The highest BCUT2D eigenvalue weighted by molar-refractivity contribution is 6.10. The van der Waals surface area contributed by atoms with Gasteiger partial charge in [-0.25, -0.2) is 0 Å². The highest BCUT2D eigenvalue weighted by atomic mass is 16.5. The van der Waals surface area contributed by atoms with Gasteiger partial charge in [0.05, 0.1) is 17.7 Å². The summed E-state index contributed by atoms with van der Waals surface area (Å²) in [5.41, 5.74) is 2.68. The Bertz CT molecular complexity index is 1340.